The molecule has 2 N–H and O–H groups in total. The number of nitrogens with zero attached hydrogens (tertiary/aromatic N) is 3. The summed E-state index contributed by atoms with van der Waals surface area (Å²) in [7, 11) is 4.26. The fourth-order valence-corrected chi connectivity index (χ4v) is 2.61. The number of hydrogen-bond donors (Lipinski definition) is 1. The van der Waals surface area contributed by atoms with Crippen LogP contribution in [0.15, 0.2) is 18.5 Å². The molecule has 1 aliphatic heterocycles. The minimum absolute atomic E-state index is 0.586. The summed E-state index contributed by atoms with van der Waals surface area (Å²) in [5.74, 6) is 0. The summed E-state index contributed by atoms with van der Waals surface area (Å²) < 4.78 is 0. The van der Waals surface area contributed by atoms with E-state index in [1.54, 1.807) is 0 Å². The van der Waals surface area contributed by atoms with E-state index in [1.807, 2.05) is 18.5 Å². The predicted octanol–water partition coefficient (Wildman–Crippen LogP) is 1.07. The first-order valence-corrected chi connectivity index (χ1v) is 6.26. The van der Waals surface area contributed by atoms with Crippen LogP contribution in [0.25, 0.3) is 0 Å². The largest absolute Gasteiger partial charge is 0.366 e. The molecule has 1 fully saturated rings. The van der Waals surface area contributed by atoms with Crippen LogP contribution in [-0.4, -0.2) is 43.1 Å². The Balaban J connectivity index is 2.19. The van der Waals surface area contributed by atoms with E-state index < -0.39 is 0 Å². The highest BCUT2D eigenvalue weighted by atomic mass is 15.2. The lowest BCUT2D eigenvalue weighted by Crippen LogP contribution is -2.38. The van der Waals surface area contributed by atoms with E-state index in [0.717, 1.165) is 13.1 Å². The Labute approximate surface area is 103 Å². The maximum Gasteiger partial charge on any atom is 0.0601 e. The molecule has 0 spiro atoms. The second-order valence-corrected chi connectivity index (χ2v) is 4.96. The highest BCUT2D eigenvalue weighted by Crippen LogP contribution is 2.27. The van der Waals surface area contributed by atoms with Gasteiger partial charge in [-0.25, -0.2) is 0 Å². The van der Waals surface area contributed by atoms with E-state index in [9.17, 15) is 0 Å². The van der Waals surface area contributed by atoms with Gasteiger partial charge in [0, 0.05) is 31.9 Å². The maximum absolute atomic E-state index is 5.80. The number of nitrogens with two attached hydrogens (primary N) is 1. The molecule has 0 radical (unpaired) electrons. The number of rotatable bonds is 4. The molecule has 0 bridgehead atoms. The van der Waals surface area contributed by atoms with Crippen LogP contribution in [0, 0.1) is 0 Å². The molecule has 94 valence electrons. The topological polar surface area (TPSA) is 45.4 Å². The molecule has 1 aliphatic rings. The summed E-state index contributed by atoms with van der Waals surface area (Å²) in [5.41, 5.74) is 8.22. The molecule has 1 aromatic heterocycles. The van der Waals surface area contributed by atoms with E-state index in [-0.39, 0.29) is 0 Å². The molecule has 17 heavy (non-hydrogen) atoms. The molecule has 0 aromatic carbocycles. The third-order valence-corrected chi connectivity index (χ3v) is 3.37. The third-order valence-electron chi connectivity index (χ3n) is 3.37. The van der Waals surface area contributed by atoms with Crippen LogP contribution in [0.4, 0.5) is 5.69 Å². The lowest BCUT2D eigenvalue weighted by atomic mass is 10.1. The zero-order valence-corrected chi connectivity index (χ0v) is 10.8. The van der Waals surface area contributed by atoms with Gasteiger partial charge in [0.15, 0.2) is 0 Å². The molecule has 4 nitrogen and oxygen atoms in total. The molecular formula is C13H22N4. The highest BCUT2D eigenvalue weighted by molar-refractivity contribution is 5.53. The molecule has 1 saturated heterocycles. The van der Waals surface area contributed by atoms with Crippen LogP contribution in [0.5, 0.6) is 0 Å². The van der Waals surface area contributed by atoms with Crippen molar-refractivity contribution in [2.45, 2.75) is 25.4 Å². The molecule has 1 atom stereocenters. The van der Waals surface area contributed by atoms with E-state index in [4.69, 9.17) is 5.73 Å². The molecule has 2 rings (SSSR count). The van der Waals surface area contributed by atoms with Crippen molar-refractivity contribution in [1.29, 1.82) is 0 Å². The lowest BCUT2D eigenvalue weighted by Gasteiger charge is -2.30. The zero-order chi connectivity index (χ0) is 12.3. The minimum atomic E-state index is 0.586. The molecule has 0 saturated carbocycles. The Kier molecular flexibility index (Phi) is 3.97. The van der Waals surface area contributed by atoms with Gasteiger partial charge in [0.05, 0.1) is 11.9 Å². The standard InChI is InChI=1S/C13H22N4/c1-16(2)10-12-4-3-7-17(12)13-9-15-6-5-11(13)8-14/h5-6,9,12H,3-4,7-8,10,14H2,1-2H3. The maximum atomic E-state index is 5.80. The number of aromatic nitrogens is 1. The van der Waals surface area contributed by atoms with Gasteiger partial charge < -0.3 is 15.5 Å². The van der Waals surface area contributed by atoms with Gasteiger partial charge in [-0.2, -0.15) is 0 Å². The lowest BCUT2D eigenvalue weighted by molar-refractivity contribution is 0.372. The second kappa shape index (κ2) is 5.47. The van der Waals surface area contributed by atoms with Gasteiger partial charge in [-0.1, -0.05) is 0 Å². The Hall–Kier alpha value is -1.13. The van der Waals surface area contributed by atoms with E-state index in [0.29, 0.717) is 12.6 Å². The number of hydrogen-bond acceptors (Lipinski definition) is 4. The molecule has 0 aliphatic carbocycles. The van der Waals surface area contributed by atoms with E-state index in [2.05, 4.69) is 28.9 Å². The summed E-state index contributed by atoms with van der Waals surface area (Å²) in [6, 6.07) is 2.62. The van der Waals surface area contributed by atoms with Gasteiger partial charge >= 0.3 is 0 Å². The smallest absolute Gasteiger partial charge is 0.0601 e. The van der Waals surface area contributed by atoms with Gasteiger partial charge in [0.25, 0.3) is 0 Å². The van der Waals surface area contributed by atoms with E-state index in [1.165, 1.54) is 24.1 Å². The first-order chi connectivity index (χ1) is 8.22. The van der Waals surface area contributed by atoms with Crippen LogP contribution < -0.4 is 10.6 Å². The predicted molar refractivity (Wildman–Crippen MR) is 71.1 cm³/mol. The molecule has 1 unspecified atom stereocenters. The first-order valence-electron chi connectivity index (χ1n) is 6.26. The van der Waals surface area contributed by atoms with Gasteiger partial charge in [0.1, 0.15) is 0 Å². The van der Waals surface area contributed by atoms with Gasteiger partial charge in [-0.15, -0.1) is 0 Å². The van der Waals surface area contributed by atoms with Crippen molar-refractivity contribution >= 4 is 5.69 Å². The minimum Gasteiger partial charge on any atom is -0.366 e. The third kappa shape index (κ3) is 2.76. The van der Waals surface area contributed by atoms with Gasteiger partial charge in [-0.3, -0.25) is 4.98 Å². The first kappa shape index (κ1) is 12.3. The van der Waals surface area contributed by atoms with Crippen LogP contribution in [0.3, 0.4) is 0 Å². The Bertz CT molecular complexity index is 364. The quantitative estimate of drug-likeness (QED) is 0.846. The van der Waals surface area contributed by atoms with Crippen molar-refractivity contribution in [2.75, 3.05) is 32.1 Å². The van der Waals surface area contributed by atoms with Gasteiger partial charge in [-0.05, 0) is 38.6 Å². The normalized spacial score (nSPS) is 20.2. The molecular weight excluding hydrogens is 212 g/mol. The monoisotopic (exact) mass is 234 g/mol. The molecule has 2 heterocycles. The fourth-order valence-electron chi connectivity index (χ4n) is 2.61. The van der Waals surface area contributed by atoms with Crippen LogP contribution in [0.2, 0.25) is 0 Å². The summed E-state index contributed by atoms with van der Waals surface area (Å²) in [6.07, 6.45) is 6.30. The Morgan fingerprint density at radius 2 is 2.35 bits per heavy atom. The van der Waals surface area contributed by atoms with Crippen LogP contribution in [0.1, 0.15) is 18.4 Å². The van der Waals surface area contributed by atoms with Crippen LogP contribution in [-0.2, 0) is 6.54 Å². The van der Waals surface area contributed by atoms with Crippen molar-refractivity contribution in [1.82, 2.24) is 9.88 Å². The molecule has 1 aromatic rings. The highest BCUT2D eigenvalue weighted by Gasteiger charge is 2.26. The summed E-state index contributed by atoms with van der Waals surface area (Å²) in [5, 5.41) is 0. The van der Waals surface area contributed by atoms with E-state index >= 15 is 0 Å². The van der Waals surface area contributed by atoms with Crippen molar-refractivity contribution in [3.8, 4) is 0 Å². The summed E-state index contributed by atoms with van der Waals surface area (Å²) >= 11 is 0. The average molecular weight is 234 g/mol. The Morgan fingerprint density at radius 1 is 1.53 bits per heavy atom. The van der Waals surface area contributed by atoms with Crippen molar-refractivity contribution in [3.63, 3.8) is 0 Å². The Morgan fingerprint density at radius 3 is 3.06 bits per heavy atom. The zero-order valence-electron chi connectivity index (χ0n) is 10.8. The number of pyridine rings is 1. The fraction of sp³-hybridized carbons (Fsp3) is 0.615. The van der Waals surface area contributed by atoms with Crippen molar-refractivity contribution in [2.24, 2.45) is 5.73 Å². The van der Waals surface area contributed by atoms with Crippen molar-refractivity contribution < 1.29 is 0 Å². The average Bonchev–Trinajstić information content (AvgIpc) is 2.76. The molecule has 4 heteroatoms. The molecule has 0 amide bonds. The van der Waals surface area contributed by atoms with Crippen LogP contribution >= 0.6 is 0 Å². The number of anilines is 1. The van der Waals surface area contributed by atoms with Crippen molar-refractivity contribution in [3.05, 3.63) is 24.0 Å². The summed E-state index contributed by atoms with van der Waals surface area (Å²) in [4.78, 5) is 8.96. The SMILES string of the molecule is CN(C)CC1CCCN1c1cnccc1CN. The van der Waals surface area contributed by atoms with Gasteiger partial charge in [0.2, 0.25) is 0 Å². The summed E-state index contributed by atoms with van der Waals surface area (Å²) in [6.45, 7) is 2.80. The number of likely N-dealkylation sites (N-methyl/N-ethyl adjacent to an activating group) is 1. The second-order valence-electron chi connectivity index (χ2n) is 4.96.